The van der Waals surface area contributed by atoms with Crippen LogP contribution in [0.1, 0.15) is 27.7 Å². The lowest BCUT2D eigenvalue weighted by Gasteiger charge is -2.41. The van der Waals surface area contributed by atoms with Crippen molar-refractivity contribution >= 4 is 16.8 Å². The first-order valence-corrected chi connectivity index (χ1v) is 12.4. The van der Waals surface area contributed by atoms with Crippen molar-refractivity contribution in [1.29, 1.82) is 0 Å². The minimum absolute atomic E-state index is 1.07. The fourth-order valence-corrected chi connectivity index (χ4v) is 8.35. The van der Waals surface area contributed by atoms with Gasteiger partial charge in [0.1, 0.15) is 8.24 Å². The molecule has 0 saturated carbocycles. The SMILES string of the molecule is CCN(CC[Si](C)(OC)OC)[Si](CC)(CC)CC. The summed E-state index contributed by atoms with van der Waals surface area (Å²) in [5.74, 6) is 0. The Labute approximate surface area is 116 Å². The van der Waals surface area contributed by atoms with E-state index in [1.54, 1.807) is 14.2 Å². The predicted octanol–water partition coefficient (Wildman–Crippen LogP) is 3.68. The highest BCUT2D eigenvalue weighted by Crippen LogP contribution is 2.26. The minimum atomic E-state index is -1.91. The van der Waals surface area contributed by atoms with Gasteiger partial charge in [0.05, 0.1) is 0 Å². The number of rotatable bonds is 10. The van der Waals surface area contributed by atoms with Crippen LogP contribution in [0.2, 0.25) is 30.7 Å². The summed E-state index contributed by atoms with van der Waals surface area (Å²) in [6.45, 7) is 13.9. The third-order valence-corrected chi connectivity index (χ3v) is 13.4. The maximum Gasteiger partial charge on any atom is 0.335 e. The molecular formula is C13H33NO2Si2. The summed E-state index contributed by atoms with van der Waals surface area (Å²) in [6, 6.07) is 5.13. The van der Waals surface area contributed by atoms with Crippen molar-refractivity contribution < 1.29 is 8.85 Å². The molecule has 0 aromatic rings. The molecule has 0 unspecified atom stereocenters. The van der Waals surface area contributed by atoms with Gasteiger partial charge in [0.2, 0.25) is 0 Å². The van der Waals surface area contributed by atoms with Crippen LogP contribution in [0.4, 0.5) is 0 Å². The quantitative estimate of drug-likeness (QED) is 0.573. The van der Waals surface area contributed by atoms with Crippen LogP contribution in [0.5, 0.6) is 0 Å². The van der Waals surface area contributed by atoms with E-state index in [1.807, 2.05) is 0 Å². The van der Waals surface area contributed by atoms with Gasteiger partial charge in [-0.15, -0.1) is 0 Å². The molecule has 0 radical (unpaired) electrons. The van der Waals surface area contributed by atoms with E-state index < -0.39 is 16.8 Å². The lowest BCUT2D eigenvalue weighted by Crippen LogP contribution is -2.54. The molecule has 0 aromatic carbocycles. The van der Waals surface area contributed by atoms with Gasteiger partial charge in [0, 0.05) is 20.3 Å². The van der Waals surface area contributed by atoms with Crippen molar-refractivity contribution in [3.05, 3.63) is 0 Å². The summed E-state index contributed by atoms with van der Waals surface area (Å²) < 4.78 is 14.0. The molecule has 0 N–H and O–H groups in total. The van der Waals surface area contributed by atoms with E-state index in [2.05, 4.69) is 38.8 Å². The van der Waals surface area contributed by atoms with Gasteiger partial charge >= 0.3 is 8.56 Å². The average molecular weight is 292 g/mol. The first-order valence-electron chi connectivity index (χ1n) is 7.32. The molecule has 0 aliphatic heterocycles. The third kappa shape index (κ3) is 4.45. The summed E-state index contributed by atoms with van der Waals surface area (Å²) in [6.07, 6.45) is 0. The molecule has 0 rings (SSSR count). The molecule has 0 saturated heterocycles. The van der Waals surface area contributed by atoms with Gasteiger partial charge in [-0.05, 0) is 37.8 Å². The first kappa shape index (κ1) is 18.3. The minimum Gasteiger partial charge on any atom is -0.398 e. The molecular weight excluding hydrogens is 258 g/mol. The highest BCUT2D eigenvalue weighted by atomic mass is 28.4. The van der Waals surface area contributed by atoms with Crippen LogP contribution < -0.4 is 0 Å². The molecule has 0 amide bonds. The molecule has 0 aliphatic rings. The smallest absolute Gasteiger partial charge is 0.335 e. The van der Waals surface area contributed by atoms with Crippen molar-refractivity contribution in [2.24, 2.45) is 0 Å². The Balaban J connectivity index is 4.69. The van der Waals surface area contributed by atoms with E-state index in [9.17, 15) is 0 Å². The molecule has 0 atom stereocenters. The summed E-state index contributed by atoms with van der Waals surface area (Å²) in [7, 11) is 0.435. The average Bonchev–Trinajstić information content (AvgIpc) is 2.43. The van der Waals surface area contributed by atoms with Crippen LogP contribution in [0, 0.1) is 0 Å². The van der Waals surface area contributed by atoms with Crippen LogP contribution in [0.3, 0.4) is 0 Å². The molecule has 0 spiro atoms. The van der Waals surface area contributed by atoms with E-state index >= 15 is 0 Å². The second kappa shape index (κ2) is 8.48. The molecule has 110 valence electrons. The van der Waals surface area contributed by atoms with Crippen molar-refractivity contribution in [3.8, 4) is 0 Å². The fraction of sp³-hybridized carbons (Fsp3) is 1.00. The van der Waals surface area contributed by atoms with Crippen LogP contribution in [0.15, 0.2) is 0 Å². The molecule has 0 heterocycles. The Morgan fingerprint density at radius 1 is 0.889 bits per heavy atom. The molecule has 18 heavy (non-hydrogen) atoms. The lowest BCUT2D eigenvalue weighted by molar-refractivity contribution is 0.245. The summed E-state index contributed by atoms with van der Waals surface area (Å²) in [5, 5.41) is 0. The van der Waals surface area contributed by atoms with E-state index in [0.717, 1.165) is 12.6 Å². The molecule has 3 nitrogen and oxygen atoms in total. The predicted molar refractivity (Wildman–Crippen MR) is 84.9 cm³/mol. The van der Waals surface area contributed by atoms with Crippen LogP contribution >= 0.6 is 0 Å². The zero-order chi connectivity index (χ0) is 14.2. The van der Waals surface area contributed by atoms with Crippen LogP contribution in [0.25, 0.3) is 0 Å². The van der Waals surface area contributed by atoms with Gasteiger partial charge in [-0.2, -0.15) is 0 Å². The van der Waals surface area contributed by atoms with Gasteiger partial charge in [0.15, 0.2) is 0 Å². The van der Waals surface area contributed by atoms with E-state index in [4.69, 9.17) is 8.85 Å². The standard InChI is InChI=1S/C13H33NO2Si2/c1-8-14(18(9-2,10-3)11-4)12-13-17(7,15-5)16-6/h8-13H2,1-7H3. The largest absolute Gasteiger partial charge is 0.398 e. The summed E-state index contributed by atoms with van der Waals surface area (Å²) >= 11 is 0. The van der Waals surface area contributed by atoms with Gasteiger partial charge < -0.3 is 13.4 Å². The number of nitrogens with zero attached hydrogens (tertiary/aromatic N) is 1. The Morgan fingerprint density at radius 2 is 1.33 bits per heavy atom. The fourth-order valence-electron chi connectivity index (χ4n) is 2.78. The third-order valence-electron chi connectivity index (χ3n) is 4.73. The summed E-state index contributed by atoms with van der Waals surface area (Å²) in [5.41, 5.74) is 0. The van der Waals surface area contributed by atoms with Gasteiger partial charge in [0.25, 0.3) is 0 Å². The molecule has 0 aliphatic carbocycles. The summed E-state index contributed by atoms with van der Waals surface area (Å²) in [4.78, 5) is 0. The number of hydrogen-bond donors (Lipinski definition) is 0. The first-order chi connectivity index (χ1) is 8.47. The highest BCUT2D eigenvalue weighted by molar-refractivity contribution is 6.77. The maximum atomic E-state index is 5.60. The van der Waals surface area contributed by atoms with E-state index in [1.165, 1.54) is 24.7 Å². The Hall–Kier alpha value is 0.314. The van der Waals surface area contributed by atoms with Crippen LogP contribution in [-0.4, -0.2) is 48.7 Å². The molecule has 5 heteroatoms. The van der Waals surface area contributed by atoms with Crippen molar-refractivity contribution in [2.45, 2.75) is 58.4 Å². The molecule has 0 aromatic heterocycles. The topological polar surface area (TPSA) is 21.7 Å². The molecule has 0 fully saturated rings. The van der Waals surface area contributed by atoms with Crippen LogP contribution in [-0.2, 0) is 8.85 Å². The maximum absolute atomic E-state index is 5.60. The zero-order valence-corrected chi connectivity index (χ0v) is 15.5. The van der Waals surface area contributed by atoms with Crippen molar-refractivity contribution in [2.75, 3.05) is 27.3 Å². The second-order valence-electron chi connectivity index (χ2n) is 5.16. The van der Waals surface area contributed by atoms with E-state index in [0.29, 0.717) is 0 Å². The van der Waals surface area contributed by atoms with E-state index in [-0.39, 0.29) is 0 Å². The second-order valence-corrected chi connectivity index (χ2v) is 13.9. The highest BCUT2D eigenvalue weighted by Gasteiger charge is 2.36. The Kier molecular flexibility index (Phi) is 8.63. The lowest BCUT2D eigenvalue weighted by atomic mass is 10.6. The Morgan fingerprint density at radius 3 is 1.61 bits per heavy atom. The zero-order valence-electron chi connectivity index (χ0n) is 13.5. The Bertz CT molecular complexity index is 211. The van der Waals surface area contributed by atoms with Gasteiger partial charge in [-0.3, -0.25) is 0 Å². The van der Waals surface area contributed by atoms with Gasteiger partial charge in [-0.1, -0.05) is 27.7 Å². The van der Waals surface area contributed by atoms with Crippen molar-refractivity contribution in [1.82, 2.24) is 4.57 Å². The van der Waals surface area contributed by atoms with Crippen molar-refractivity contribution in [3.63, 3.8) is 0 Å². The normalized spacial score (nSPS) is 13.3. The van der Waals surface area contributed by atoms with Gasteiger partial charge in [-0.25, -0.2) is 0 Å². The molecule has 0 bridgehead atoms. The number of hydrogen-bond acceptors (Lipinski definition) is 3. The monoisotopic (exact) mass is 291 g/mol.